The number of halogens is 3. The zero-order valence-electron chi connectivity index (χ0n) is 14.4. The molecule has 2 rings (SSSR count). The number of nitrogens with one attached hydrogen (secondary N) is 1. The van der Waals surface area contributed by atoms with Crippen LogP contribution >= 0.6 is 11.8 Å². The van der Waals surface area contributed by atoms with E-state index in [2.05, 4.69) is 5.32 Å². The van der Waals surface area contributed by atoms with Crippen LogP contribution in [0, 0.1) is 0 Å². The van der Waals surface area contributed by atoms with Crippen molar-refractivity contribution in [2.75, 3.05) is 0 Å². The Bertz CT molecular complexity index is 588. The van der Waals surface area contributed by atoms with Gasteiger partial charge in [-0.3, -0.25) is 4.79 Å². The first kappa shape index (κ1) is 19.9. The molecule has 25 heavy (non-hydrogen) atoms. The Labute approximate surface area is 151 Å². The molecule has 1 saturated carbocycles. The van der Waals surface area contributed by atoms with Crippen molar-refractivity contribution in [2.45, 2.75) is 69.0 Å². The lowest BCUT2D eigenvalue weighted by atomic mass is 10.0. The molecule has 2 nitrogen and oxygen atoms in total. The zero-order chi connectivity index (χ0) is 18.3. The summed E-state index contributed by atoms with van der Waals surface area (Å²) in [6.07, 6.45) is 1.33. The molecule has 0 radical (unpaired) electrons. The monoisotopic (exact) mass is 371 g/mol. The third-order valence-electron chi connectivity index (χ3n) is 4.25. The van der Waals surface area contributed by atoms with Gasteiger partial charge in [0.2, 0.25) is 5.91 Å². The summed E-state index contributed by atoms with van der Waals surface area (Å²) in [5, 5.41) is 2.08. The maximum Gasteiger partial charge on any atom is 0.408 e. The van der Waals surface area contributed by atoms with E-state index in [4.69, 9.17) is 0 Å². The first-order chi connectivity index (χ1) is 11.9. The topological polar surface area (TPSA) is 29.1 Å². The summed E-state index contributed by atoms with van der Waals surface area (Å²) in [7, 11) is 0. The number of hydrogen-bond acceptors (Lipinski definition) is 2. The van der Waals surface area contributed by atoms with Crippen LogP contribution in [0.5, 0.6) is 0 Å². The smallest absolute Gasteiger partial charge is 0.344 e. The summed E-state index contributed by atoms with van der Waals surface area (Å²) < 4.78 is 40.1. The van der Waals surface area contributed by atoms with Gasteiger partial charge in [0.15, 0.2) is 0 Å². The Morgan fingerprint density at radius 3 is 2.24 bits per heavy atom. The second kappa shape index (κ2) is 9.32. The van der Waals surface area contributed by atoms with E-state index in [0.29, 0.717) is 0 Å². The van der Waals surface area contributed by atoms with Gasteiger partial charge in [-0.25, -0.2) is 0 Å². The molecular formula is C19H24F3NOS. The molecule has 1 amide bonds. The zero-order valence-corrected chi connectivity index (χ0v) is 15.2. The third-order valence-corrected chi connectivity index (χ3v) is 5.46. The molecule has 0 spiro atoms. The van der Waals surface area contributed by atoms with Gasteiger partial charge in [0.1, 0.15) is 6.04 Å². The van der Waals surface area contributed by atoms with Gasteiger partial charge in [-0.15, -0.1) is 0 Å². The standard InChI is InChI=1S/C19H24F3NOS/c1-14(24)23-18(19(20,21)22)13-17(15-9-5-2-3-6-10-15)25-16-11-7-4-8-12-16/h4,7-8,11-12,18H,2-3,5-6,9-10,13H2,1H3,(H,23,24). The summed E-state index contributed by atoms with van der Waals surface area (Å²) in [5.74, 6) is -0.655. The molecule has 0 heterocycles. The lowest BCUT2D eigenvalue weighted by molar-refractivity contribution is -0.160. The van der Waals surface area contributed by atoms with E-state index in [-0.39, 0.29) is 6.42 Å². The number of carbonyl (C=O) groups excluding carboxylic acids is 1. The van der Waals surface area contributed by atoms with Crippen molar-refractivity contribution in [3.63, 3.8) is 0 Å². The molecule has 1 fully saturated rings. The van der Waals surface area contributed by atoms with E-state index >= 15 is 0 Å². The number of thioether (sulfide) groups is 1. The predicted molar refractivity (Wildman–Crippen MR) is 95.3 cm³/mol. The van der Waals surface area contributed by atoms with E-state index in [1.165, 1.54) is 11.8 Å². The van der Waals surface area contributed by atoms with Crippen molar-refractivity contribution in [3.05, 3.63) is 40.8 Å². The summed E-state index contributed by atoms with van der Waals surface area (Å²) >= 11 is 1.40. The average molecular weight is 371 g/mol. The molecular weight excluding hydrogens is 347 g/mol. The minimum atomic E-state index is -4.46. The van der Waals surface area contributed by atoms with E-state index in [1.54, 1.807) is 0 Å². The second-order valence-electron chi connectivity index (χ2n) is 6.35. The fraction of sp³-hybridized carbons (Fsp3) is 0.526. The highest BCUT2D eigenvalue weighted by molar-refractivity contribution is 8.03. The van der Waals surface area contributed by atoms with E-state index in [1.807, 2.05) is 30.3 Å². The van der Waals surface area contributed by atoms with Crippen molar-refractivity contribution in [1.29, 1.82) is 0 Å². The summed E-state index contributed by atoms with van der Waals surface area (Å²) in [4.78, 5) is 12.9. The van der Waals surface area contributed by atoms with Crippen LogP contribution in [0.2, 0.25) is 0 Å². The van der Waals surface area contributed by atoms with E-state index in [0.717, 1.165) is 60.8 Å². The maximum absolute atomic E-state index is 13.4. The highest BCUT2D eigenvalue weighted by Gasteiger charge is 2.41. The molecule has 0 aromatic heterocycles. The highest BCUT2D eigenvalue weighted by Crippen LogP contribution is 2.39. The second-order valence-corrected chi connectivity index (χ2v) is 7.52. The third kappa shape index (κ3) is 6.77. The minimum Gasteiger partial charge on any atom is -0.344 e. The van der Waals surface area contributed by atoms with Gasteiger partial charge in [0.25, 0.3) is 0 Å². The van der Waals surface area contributed by atoms with Crippen LogP contribution in [0.4, 0.5) is 13.2 Å². The molecule has 1 aliphatic rings. The lowest BCUT2D eigenvalue weighted by Gasteiger charge is -2.24. The Balaban J connectivity index is 2.29. The number of alkyl halides is 3. The largest absolute Gasteiger partial charge is 0.408 e. The van der Waals surface area contributed by atoms with Crippen LogP contribution < -0.4 is 5.32 Å². The predicted octanol–water partition coefficient (Wildman–Crippen LogP) is 5.84. The van der Waals surface area contributed by atoms with Gasteiger partial charge in [-0.2, -0.15) is 13.2 Å². The van der Waals surface area contributed by atoms with Gasteiger partial charge < -0.3 is 5.32 Å². The SMILES string of the molecule is CC(=O)NC(CC(Sc1ccccc1)=C1CCCCCC1)C(F)(F)F. The summed E-state index contributed by atoms with van der Waals surface area (Å²) in [6.45, 7) is 1.13. The van der Waals surface area contributed by atoms with Gasteiger partial charge in [-0.05, 0) is 42.7 Å². The first-order valence-electron chi connectivity index (χ1n) is 8.64. The van der Waals surface area contributed by atoms with E-state index in [9.17, 15) is 18.0 Å². The molecule has 0 saturated heterocycles. The van der Waals surface area contributed by atoms with Crippen molar-refractivity contribution in [1.82, 2.24) is 5.32 Å². The molecule has 1 N–H and O–H groups in total. The van der Waals surface area contributed by atoms with Crippen LogP contribution in [0.1, 0.15) is 51.9 Å². The fourth-order valence-corrected chi connectivity index (χ4v) is 4.18. The molecule has 1 aromatic carbocycles. The number of allylic oxidation sites excluding steroid dienone is 1. The number of carbonyl (C=O) groups is 1. The molecule has 1 atom stereocenters. The molecule has 1 aliphatic carbocycles. The van der Waals surface area contributed by atoms with Crippen LogP contribution in [0.25, 0.3) is 0 Å². The number of amides is 1. The Kier molecular flexibility index (Phi) is 7.41. The van der Waals surface area contributed by atoms with Crippen molar-refractivity contribution >= 4 is 17.7 Å². The molecule has 0 bridgehead atoms. The lowest BCUT2D eigenvalue weighted by Crippen LogP contribution is -2.44. The van der Waals surface area contributed by atoms with Gasteiger partial charge in [0, 0.05) is 18.2 Å². The summed E-state index contributed by atoms with van der Waals surface area (Å²) in [5.41, 5.74) is 1.12. The Hall–Kier alpha value is -1.43. The summed E-state index contributed by atoms with van der Waals surface area (Å²) in [6, 6.07) is 7.62. The van der Waals surface area contributed by atoms with Crippen LogP contribution in [-0.2, 0) is 4.79 Å². The fourth-order valence-electron chi connectivity index (χ4n) is 3.00. The van der Waals surface area contributed by atoms with Crippen LogP contribution in [0.15, 0.2) is 45.7 Å². The number of hydrogen-bond donors (Lipinski definition) is 1. The van der Waals surface area contributed by atoms with Crippen molar-refractivity contribution < 1.29 is 18.0 Å². The first-order valence-corrected chi connectivity index (χ1v) is 9.45. The van der Waals surface area contributed by atoms with Crippen LogP contribution in [0.3, 0.4) is 0 Å². The highest BCUT2D eigenvalue weighted by atomic mass is 32.2. The quantitative estimate of drug-likeness (QED) is 0.520. The minimum absolute atomic E-state index is 0.196. The average Bonchev–Trinajstić information content (AvgIpc) is 2.82. The van der Waals surface area contributed by atoms with E-state index < -0.39 is 18.1 Å². The van der Waals surface area contributed by atoms with Gasteiger partial charge >= 0.3 is 6.18 Å². The number of benzene rings is 1. The Morgan fingerprint density at radius 2 is 1.72 bits per heavy atom. The molecule has 138 valence electrons. The van der Waals surface area contributed by atoms with Crippen molar-refractivity contribution in [3.8, 4) is 0 Å². The van der Waals surface area contributed by atoms with Gasteiger partial charge in [0.05, 0.1) is 0 Å². The normalized spacial score (nSPS) is 16.9. The molecule has 6 heteroatoms. The van der Waals surface area contributed by atoms with Gasteiger partial charge in [-0.1, -0.05) is 48.4 Å². The maximum atomic E-state index is 13.4. The van der Waals surface area contributed by atoms with Crippen LogP contribution in [-0.4, -0.2) is 18.1 Å². The Morgan fingerprint density at radius 1 is 1.12 bits per heavy atom. The van der Waals surface area contributed by atoms with Crippen molar-refractivity contribution in [2.24, 2.45) is 0 Å². The number of rotatable bonds is 5. The molecule has 0 aliphatic heterocycles. The molecule has 1 aromatic rings. The molecule has 1 unspecified atom stereocenters.